The Bertz CT molecular complexity index is 441. The lowest BCUT2D eigenvalue weighted by molar-refractivity contribution is 0.886. The summed E-state index contributed by atoms with van der Waals surface area (Å²) in [6.07, 6.45) is 0. The van der Waals surface area contributed by atoms with Gasteiger partial charge in [-0.05, 0) is 31.5 Å². The van der Waals surface area contributed by atoms with Gasteiger partial charge in [0.15, 0.2) is 0 Å². The molecule has 1 aromatic carbocycles. The number of hydrogen-bond donors (Lipinski definition) is 0. The molecule has 0 atom stereocenters. The van der Waals surface area contributed by atoms with E-state index in [1.807, 2.05) is 14.0 Å². The van der Waals surface area contributed by atoms with Gasteiger partial charge in [0.1, 0.15) is 5.82 Å². The topological polar surface area (TPSA) is 17.8 Å². The Morgan fingerprint density at radius 2 is 1.86 bits per heavy atom. The van der Waals surface area contributed by atoms with Crippen molar-refractivity contribution >= 4 is 11.0 Å². The average Bonchev–Trinajstić information content (AvgIpc) is 2.45. The Kier molecular flexibility index (Phi) is 3.07. The molecule has 2 rings (SSSR count). The third kappa shape index (κ3) is 1.69. The van der Waals surface area contributed by atoms with E-state index in [0.717, 1.165) is 11.3 Å². The number of rotatable bonds is 0. The van der Waals surface area contributed by atoms with Gasteiger partial charge in [-0.3, -0.25) is 0 Å². The first-order chi connectivity index (χ1) is 6.68. The summed E-state index contributed by atoms with van der Waals surface area (Å²) in [5.41, 5.74) is 3.56. The summed E-state index contributed by atoms with van der Waals surface area (Å²) in [5.74, 6) is 1.07. The van der Waals surface area contributed by atoms with Crippen molar-refractivity contribution in [2.24, 2.45) is 7.05 Å². The van der Waals surface area contributed by atoms with E-state index in [0.29, 0.717) is 0 Å². The number of aromatic nitrogens is 2. The maximum Gasteiger partial charge on any atom is 0.106 e. The molecule has 0 aliphatic heterocycles. The molecular weight excluding hydrogens is 172 g/mol. The van der Waals surface area contributed by atoms with Gasteiger partial charge >= 0.3 is 0 Å². The van der Waals surface area contributed by atoms with Crippen LogP contribution in [0.2, 0.25) is 0 Å². The SMILES string of the molecule is C=C.Cc1ccc2c(c1)nc(C)n2C. The predicted octanol–water partition coefficient (Wildman–Crippen LogP) is 2.99. The third-order valence-corrected chi connectivity index (χ3v) is 2.26. The van der Waals surface area contributed by atoms with Crippen molar-refractivity contribution in [3.05, 3.63) is 42.7 Å². The quantitative estimate of drug-likeness (QED) is 0.581. The lowest BCUT2D eigenvalue weighted by Gasteiger charge is -1.95. The summed E-state index contributed by atoms with van der Waals surface area (Å²) in [7, 11) is 2.04. The predicted molar refractivity (Wildman–Crippen MR) is 61.4 cm³/mol. The van der Waals surface area contributed by atoms with Crippen molar-refractivity contribution in [3.8, 4) is 0 Å². The third-order valence-electron chi connectivity index (χ3n) is 2.26. The second kappa shape index (κ2) is 4.09. The fraction of sp³-hybridized carbons (Fsp3) is 0.250. The highest BCUT2D eigenvalue weighted by molar-refractivity contribution is 5.76. The van der Waals surface area contributed by atoms with Gasteiger partial charge in [-0.2, -0.15) is 0 Å². The van der Waals surface area contributed by atoms with Gasteiger partial charge in [0.2, 0.25) is 0 Å². The van der Waals surface area contributed by atoms with Crippen LogP contribution in [-0.2, 0) is 7.05 Å². The van der Waals surface area contributed by atoms with E-state index in [4.69, 9.17) is 0 Å². The van der Waals surface area contributed by atoms with Crippen molar-refractivity contribution in [2.45, 2.75) is 13.8 Å². The maximum absolute atomic E-state index is 4.44. The minimum absolute atomic E-state index is 1.07. The smallest absolute Gasteiger partial charge is 0.106 e. The fourth-order valence-electron chi connectivity index (χ4n) is 1.43. The highest BCUT2D eigenvalue weighted by atomic mass is 15.0. The van der Waals surface area contributed by atoms with Crippen LogP contribution in [0.5, 0.6) is 0 Å². The van der Waals surface area contributed by atoms with E-state index in [1.165, 1.54) is 11.1 Å². The summed E-state index contributed by atoms with van der Waals surface area (Å²) in [4.78, 5) is 4.44. The molecular formula is C12H16N2. The van der Waals surface area contributed by atoms with Crippen LogP contribution in [0, 0.1) is 13.8 Å². The minimum atomic E-state index is 1.07. The van der Waals surface area contributed by atoms with Crippen LogP contribution in [0.25, 0.3) is 11.0 Å². The van der Waals surface area contributed by atoms with E-state index in [2.05, 4.69) is 47.8 Å². The fourth-order valence-corrected chi connectivity index (χ4v) is 1.43. The monoisotopic (exact) mass is 188 g/mol. The average molecular weight is 188 g/mol. The van der Waals surface area contributed by atoms with Gasteiger partial charge in [-0.15, -0.1) is 13.2 Å². The first kappa shape index (κ1) is 10.5. The molecule has 0 unspecified atom stereocenters. The van der Waals surface area contributed by atoms with E-state index in [-0.39, 0.29) is 0 Å². The van der Waals surface area contributed by atoms with Gasteiger partial charge in [-0.25, -0.2) is 4.98 Å². The molecule has 0 bridgehead atoms. The van der Waals surface area contributed by atoms with Crippen molar-refractivity contribution in [2.75, 3.05) is 0 Å². The van der Waals surface area contributed by atoms with Crippen LogP contribution in [0.15, 0.2) is 31.4 Å². The summed E-state index contributed by atoms with van der Waals surface area (Å²) >= 11 is 0. The van der Waals surface area contributed by atoms with Crippen LogP contribution >= 0.6 is 0 Å². The molecule has 0 saturated heterocycles. The van der Waals surface area contributed by atoms with Crippen LogP contribution in [0.3, 0.4) is 0 Å². The number of benzene rings is 1. The highest BCUT2D eigenvalue weighted by Crippen LogP contribution is 2.15. The zero-order valence-electron chi connectivity index (χ0n) is 9.04. The summed E-state index contributed by atoms with van der Waals surface area (Å²) in [5, 5.41) is 0. The number of fused-ring (bicyclic) bond motifs is 1. The Labute approximate surface area is 84.9 Å². The minimum Gasteiger partial charge on any atom is -0.331 e. The van der Waals surface area contributed by atoms with Crippen LogP contribution in [-0.4, -0.2) is 9.55 Å². The highest BCUT2D eigenvalue weighted by Gasteiger charge is 2.02. The largest absolute Gasteiger partial charge is 0.331 e. The Hall–Kier alpha value is -1.57. The molecule has 2 aromatic rings. The van der Waals surface area contributed by atoms with Gasteiger partial charge in [0.05, 0.1) is 11.0 Å². The molecule has 2 heteroatoms. The van der Waals surface area contributed by atoms with Gasteiger partial charge in [0, 0.05) is 7.05 Å². The number of hydrogen-bond acceptors (Lipinski definition) is 1. The zero-order valence-corrected chi connectivity index (χ0v) is 9.04. The lowest BCUT2D eigenvalue weighted by Crippen LogP contribution is -1.89. The molecule has 0 aliphatic rings. The molecule has 2 nitrogen and oxygen atoms in total. The summed E-state index contributed by atoms with van der Waals surface area (Å²) < 4.78 is 2.11. The molecule has 14 heavy (non-hydrogen) atoms. The maximum atomic E-state index is 4.44. The van der Waals surface area contributed by atoms with Crippen LogP contribution in [0.1, 0.15) is 11.4 Å². The number of imidazole rings is 1. The van der Waals surface area contributed by atoms with Crippen molar-refractivity contribution in [3.63, 3.8) is 0 Å². The summed E-state index contributed by atoms with van der Waals surface area (Å²) in [6, 6.07) is 6.34. The summed E-state index contributed by atoms with van der Waals surface area (Å²) in [6.45, 7) is 10.1. The molecule has 0 amide bonds. The molecule has 0 saturated carbocycles. The van der Waals surface area contributed by atoms with E-state index in [9.17, 15) is 0 Å². The normalized spacial score (nSPS) is 9.64. The lowest BCUT2D eigenvalue weighted by atomic mass is 10.2. The zero-order chi connectivity index (χ0) is 10.7. The van der Waals surface area contributed by atoms with Crippen molar-refractivity contribution < 1.29 is 0 Å². The molecule has 0 N–H and O–H groups in total. The molecule has 74 valence electrons. The van der Waals surface area contributed by atoms with Gasteiger partial charge < -0.3 is 4.57 Å². The second-order valence-electron chi connectivity index (χ2n) is 3.21. The number of nitrogens with zero attached hydrogens (tertiary/aromatic N) is 2. The number of aryl methyl sites for hydroxylation is 3. The van der Waals surface area contributed by atoms with Crippen LogP contribution in [0.4, 0.5) is 0 Å². The Balaban J connectivity index is 0.000000461. The van der Waals surface area contributed by atoms with E-state index in [1.54, 1.807) is 0 Å². The molecule has 0 fully saturated rings. The second-order valence-corrected chi connectivity index (χ2v) is 3.21. The molecule has 0 radical (unpaired) electrons. The molecule has 1 heterocycles. The van der Waals surface area contributed by atoms with Crippen LogP contribution < -0.4 is 0 Å². The van der Waals surface area contributed by atoms with Crippen molar-refractivity contribution in [1.82, 2.24) is 9.55 Å². The molecule has 0 aliphatic carbocycles. The first-order valence-electron chi connectivity index (χ1n) is 4.58. The Morgan fingerprint density at radius 1 is 1.21 bits per heavy atom. The van der Waals surface area contributed by atoms with Gasteiger partial charge in [0.25, 0.3) is 0 Å². The molecule has 1 aromatic heterocycles. The molecule has 0 spiro atoms. The van der Waals surface area contributed by atoms with E-state index >= 15 is 0 Å². The van der Waals surface area contributed by atoms with Crippen molar-refractivity contribution in [1.29, 1.82) is 0 Å². The van der Waals surface area contributed by atoms with Gasteiger partial charge in [-0.1, -0.05) is 6.07 Å². The Morgan fingerprint density at radius 3 is 2.50 bits per heavy atom. The first-order valence-corrected chi connectivity index (χ1v) is 4.58. The standard InChI is InChI=1S/C10H12N2.C2H4/c1-7-4-5-10-9(6-7)11-8(2)12(10)3;1-2/h4-6H,1-3H3;1-2H2. The van der Waals surface area contributed by atoms with E-state index < -0.39 is 0 Å².